The molecule has 0 aromatic heterocycles. The average molecular weight is 284 g/mol. The van der Waals surface area contributed by atoms with Gasteiger partial charge in [0.1, 0.15) is 0 Å². The molecule has 0 bridgehead atoms. The molecule has 0 heterocycles. The van der Waals surface area contributed by atoms with Gasteiger partial charge in [0.2, 0.25) is 0 Å². The van der Waals surface area contributed by atoms with E-state index in [4.69, 9.17) is 20.3 Å². The fourth-order valence-electron chi connectivity index (χ4n) is 0.621. The molecule has 96 valence electrons. The third-order valence-corrected chi connectivity index (χ3v) is 3.78. The van der Waals surface area contributed by atoms with E-state index in [1.165, 1.54) is 0 Å². The maximum Gasteiger partial charge on any atom is 0.483 e. The third-order valence-electron chi connectivity index (χ3n) is 1.13. The lowest BCUT2D eigenvalue weighted by Gasteiger charge is -2.16. The Labute approximate surface area is 97.4 Å². The Kier molecular flexibility index (Phi) is 7.21. The monoisotopic (exact) mass is 284 g/mol. The van der Waals surface area contributed by atoms with Crippen LogP contribution >= 0.6 is 15.6 Å². The minimum absolute atomic E-state index is 0.157. The van der Waals surface area contributed by atoms with Crippen LogP contribution in [0.2, 0.25) is 0 Å². The summed E-state index contributed by atoms with van der Waals surface area (Å²) in [6.07, 6.45) is -0.313. The molecule has 11 heteroatoms. The number of nitrogens with zero attached hydrogens (tertiary/aromatic N) is 2. The van der Waals surface area contributed by atoms with Gasteiger partial charge in [0.25, 0.3) is 0 Å². The zero-order valence-corrected chi connectivity index (χ0v) is 10.3. The van der Waals surface area contributed by atoms with E-state index in [0.717, 1.165) is 0 Å². The molecule has 17 heavy (non-hydrogen) atoms. The summed E-state index contributed by atoms with van der Waals surface area (Å²) in [5, 5.41) is 16.4. The van der Waals surface area contributed by atoms with Gasteiger partial charge in [0, 0.05) is 0 Å². The first kappa shape index (κ1) is 16.2. The van der Waals surface area contributed by atoms with Crippen molar-refractivity contribution in [3.8, 4) is 12.1 Å². The van der Waals surface area contributed by atoms with Crippen molar-refractivity contribution in [1.29, 1.82) is 10.5 Å². The summed E-state index contributed by atoms with van der Waals surface area (Å²) in [4.78, 5) is 17.0. The molecule has 0 atom stereocenters. The van der Waals surface area contributed by atoms with Gasteiger partial charge in [0.05, 0.1) is 38.2 Å². The Morgan fingerprint density at radius 2 is 1.41 bits per heavy atom. The minimum atomic E-state index is -5.06. The summed E-state index contributed by atoms with van der Waals surface area (Å²) in [6, 6.07) is 3.33. The van der Waals surface area contributed by atoms with E-state index in [1.807, 2.05) is 0 Å². The standard InChI is InChI=1S/C6H10N2O7P2/c7-3-1-5-13-17(12,14-6-2-4-8)15-16(9,10)11/h1-2,5-6H2,(H2,9,10,11). The van der Waals surface area contributed by atoms with Crippen LogP contribution in [0.25, 0.3) is 0 Å². The second kappa shape index (κ2) is 7.54. The van der Waals surface area contributed by atoms with Crippen LogP contribution < -0.4 is 0 Å². The van der Waals surface area contributed by atoms with Crippen LogP contribution in [0.4, 0.5) is 0 Å². The van der Waals surface area contributed by atoms with Gasteiger partial charge in [-0.1, -0.05) is 0 Å². The molecule has 0 spiro atoms. The van der Waals surface area contributed by atoms with Crippen LogP contribution in [0.5, 0.6) is 0 Å². The zero-order chi connectivity index (χ0) is 13.4. The van der Waals surface area contributed by atoms with Crippen LogP contribution in [0.3, 0.4) is 0 Å². The molecule has 9 nitrogen and oxygen atoms in total. The zero-order valence-electron chi connectivity index (χ0n) is 8.55. The Morgan fingerprint density at radius 1 is 1.00 bits per heavy atom. The van der Waals surface area contributed by atoms with Crippen LogP contribution in [-0.4, -0.2) is 23.0 Å². The first-order valence-corrected chi connectivity index (χ1v) is 7.22. The van der Waals surface area contributed by atoms with Gasteiger partial charge in [-0.2, -0.15) is 14.8 Å². The quantitative estimate of drug-likeness (QED) is 0.492. The largest absolute Gasteiger partial charge is 0.483 e. The Morgan fingerprint density at radius 3 is 1.71 bits per heavy atom. The van der Waals surface area contributed by atoms with Gasteiger partial charge in [-0.05, 0) is 0 Å². The number of hydrogen-bond donors (Lipinski definition) is 2. The van der Waals surface area contributed by atoms with Crippen molar-refractivity contribution >= 4 is 15.6 Å². The number of rotatable bonds is 8. The maximum absolute atomic E-state index is 11.6. The van der Waals surface area contributed by atoms with Crippen molar-refractivity contribution in [3.63, 3.8) is 0 Å². The minimum Gasteiger partial charge on any atom is -0.302 e. The first-order chi connectivity index (χ1) is 7.83. The second-order valence-electron chi connectivity index (χ2n) is 2.50. The lowest BCUT2D eigenvalue weighted by molar-refractivity contribution is 0.144. The third kappa shape index (κ3) is 8.99. The van der Waals surface area contributed by atoms with E-state index >= 15 is 0 Å². The highest BCUT2D eigenvalue weighted by Gasteiger charge is 2.35. The normalized spacial score (nSPS) is 11.8. The molecule has 0 aliphatic rings. The molecule has 0 amide bonds. The molecule has 0 unspecified atom stereocenters. The van der Waals surface area contributed by atoms with Crippen molar-refractivity contribution in [3.05, 3.63) is 0 Å². The SMILES string of the molecule is N#CCCOP(=O)(OCCC#N)OP(=O)(O)O. The number of hydrogen-bond acceptors (Lipinski definition) is 7. The van der Waals surface area contributed by atoms with Crippen molar-refractivity contribution in [1.82, 2.24) is 0 Å². The van der Waals surface area contributed by atoms with Crippen molar-refractivity contribution < 1.29 is 32.3 Å². The summed E-state index contributed by atoms with van der Waals surface area (Å²) in [5.74, 6) is 0. The van der Waals surface area contributed by atoms with Gasteiger partial charge in [-0.15, -0.1) is 0 Å². The smallest absolute Gasteiger partial charge is 0.302 e. The fraction of sp³-hybridized carbons (Fsp3) is 0.667. The molecule has 0 aromatic carbocycles. The van der Waals surface area contributed by atoms with E-state index in [9.17, 15) is 9.13 Å². The van der Waals surface area contributed by atoms with E-state index < -0.39 is 15.6 Å². The topological polar surface area (TPSA) is 150 Å². The number of phosphoric ester groups is 1. The Hall–Kier alpha value is -0.760. The lowest BCUT2D eigenvalue weighted by atomic mass is 10.5. The van der Waals surface area contributed by atoms with Crippen molar-refractivity contribution in [2.45, 2.75) is 12.8 Å². The molecular weight excluding hydrogens is 274 g/mol. The van der Waals surface area contributed by atoms with Gasteiger partial charge in [-0.3, -0.25) is 9.05 Å². The van der Waals surface area contributed by atoms with Gasteiger partial charge in [0.15, 0.2) is 0 Å². The van der Waals surface area contributed by atoms with Crippen LogP contribution in [-0.2, 0) is 22.5 Å². The average Bonchev–Trinajstić information content (AvgIpc) is 2.15. The summed E-state index contributed by atoms with van der Waals surface area (Å²) >= 11 is 0. The molecule has 2 N–H and O–H groups in total. The van der Waals surface area contributed by atoms with Crippen molar-refractivity contribution in [2.75, 3.05) is 13.2 Å². The number of phosphoric acid groups is 2. The van der Waals surface area contributed by atoms with Crippen LogP contribution in [0, 0.1) is 22.7 Å². The van der Waals surface area contributed by atoms with Gasteiger partial charge < -0.3 is 9.79 Å². The van der Waals surface area contributed by atoms with E-state index in [1.54, 1.807) is 12.1 Å². The highest BCUT2D eigenvalue weighted by molar-refractivity contribution is 7.61. The van der Waals surface area contributed by atoms with Crippen molar-refractivity contribution in [2.24, 2.45) is 0 Å². The molecule has 0 aliphatic heterocycles. The summed E-state index contributed by atoms with van der Waals surface area (Å²) in [5.41, 5.74) is 0. The predicted molar refractivity (Wildman–Crippen MR) is 53.1 cm³/mol. The lowest BCUT2D eigenvalue weighted by Crippen LogP contribution is -2.01. The Balaban J connectivity index is 4.48. The molecule has 0 radical (unpaired) electrons. The molecule has 0 aliphatic carbocycles. The van der Waals surface area contributed by atoms with Gasteiger partial charge >= 0.3 is 15.6 Å². The van der Waals surface area contributed by atoms with E-state index in [-0.39, 0.29) is 26.1 Å². The van der Waals surface area contributed by atoms with E-state index in [0.29, 0.717) is 0 Å². The van der Waals surface area contributed by atoms with Crippen LogP contribution in [0.15, 0.2) is 0 Å². The predicted octanol–water partition coefficient (Wildman–Crippen LogP) is 1.06. The second-order valence-corrected chi connectivity index (χ2v) is 5.55. The highest BCUT2D eigenvalue weighted by atomic mass is 31.3. The molecule has 0 fully saturated rings. The Bertz CT molecular complexity index is 382. The number of nitriles is 2. The molecular formula is C6H10N2O7P2. The van der Waals surface area contributed by atoms with Gasteiger partial charge in [-0.25, -0.2) is 9.13 Å². The molecule has 0 saturated carbocycles. The fourth-order valence-corrected chi connectivity index (χ4v) is 2.74. The maximum atomic E-state index is 11.6. The first-order valence-electron chi connectivity index (χ1n) is 4.23. The van der Waals surface area contributed by atoms with Crippen LogP contribution in [0.1, 0.15) is 12.8 Å². The molecule has 0 rings (SSSR count). The summed E-state index contributed by atoms with van der Waals surface area (Å²) < 4.78 is 35.0. The van der Waals surface area contributed by atoms with E-state index in [2.05, 4.69) is 13.4 Å². The highest BCUT2D eigenvalue weighted by Crippen LogP contribution is 2.61. The molecule has 0 aromatic rings. The molecule has 0 saturated heterocycles. The summed E-state index contributed by atoms with van der Waals surface area (Å²) in [6.45, 7) is -0.749. The summed E-state index contributed by atoms with van der Waals surface area (Å²) in [7, 11) is -9.53.